The molecule has 0 bridgehead atoms. The maximum atomic E-state index is 11.8. The molecule has 0 unspecified atom stereocenters. The highest BCUT2D eigenvalue weighted by atomic mass is 32.1. The first-order valence-electron chi connectivity index (χ1n) is 5.40. The van der Waals surface area contributed by atoms with Gasteiger partial charge in [-0.05, 0) is 6.07 Å². The molecule has 1 N–H and O–H groups in total. The van der Waals surface area contributed by atoms with Crippen molar-refractivity contribution in [3.8, 4) is 0 Å². The number of aryl methyl sites for hydroxylation is 1. The molecule has 2 rings (SSSR count). The number of hydrogen-bond acceptors (Lipinski definition) is 6. The normalized spacial score (nSPS) is 10.2. The highest BCUT2D eigenvalue weighted by Crippen LogP contribution is 2.16. The Morgan fingerprint density at radius 1 is 1.53 bits per heavy atom. The lowest BCUT2D eigenvalue weighted by Crippen LogP contribution is -2.13. The van der Waals surface area contributed by atoms with Crippen LogP contribution in [0.4, 0.5) is 5.13 Å². The summed E-state index contributed by atoms with van der Waals surface area (Å²) in [5, 5.41) is 8.73. The van der Waals surface area contributed by atoms with E-state index >= 15 is 0 Å². The summed E-state index contributed by atoms with van der Waals surface area (Å²) in [5.41, 5.74) is 0.875. The van der Waals surface area contributed by atoms with Crippen molar-refractivity contribution < 1.29 is 14.3 Å². The van der Waals surface area contributed by atoms with Crippen molar-refractivity contribution in [3.63, 3.8) is 0 Å². The van der Waals surface area contributed by atoms with Crippen molar-refractivity contribution in [2.75, 3.05) is 12.4 Å². The van der Waals surface area contributed by atoms with E-state index in [9.17, 15) is 9.59 Å². The number of anilines is 1. The molecule has 2 aromatic rings. The summed E-state index contributed by atoms with van der Waals surface area (Å²) >= 11 is 1.25. The first-order chi connectivity index (χ1) is 9.08. The molecule has 2 aromatic heterocycles. The number of rotatable bonds is 4. The van der Waals surface area contributed by atoms with Crippen molar-refractivity contribution >= 4 is 28.3 Å². The Balaban J connectivity index is 2.00. The summed E-state index contributed by atoms with van der Waals surface area (Å²) < 4.78 is 6.08. The molecule has 0 aromatic carbocycles. The van der Waals surface area contributed by atoms with Crippen LogP contribution in [0.25, 0.3) is 0 Å². The van der Waals surface area contributed by atoms with E-state index in [1.54, 1.807) is 29.4 Å². The second-order valence-electron chi connectivity index (χ2n) is 3.73. The van der Waals surface area contributed by atoms with E-state index in [1.807, 2.05) is 0 Å². The highest BCUT2D eigenvalue weighted by Gasteiger charge is 2.12. The van der Waals surface area contributed by atoms with Crippen LogP contribution >= 0.6 is 11.3 Å². The number of thiazole rings is 1. The zero-order valence-corrected chi connectivity index (χ0v) is 11.2. The lowest BCUT2D eigenvalue weighted by molar-refractivity contribution is -0.139. The van der Waals surface area contributed by atoms with Gasteiger partial charge < -0.3 is 4.74 Å². The van der Waals surface area contributed by atoms with Crippen molar-refractivity contribution in [1.29, 1.82) is 0 Å². The van der Waals surface area contributed by atoms with Gasteiger partial charge >= 0.3 is 5.97 Å². The minimum Gasteiger partial charge on any atom is -0.469 e. The number of nitrogens with one attached hydrogen (secondary N) is 1. The van der Waals surface area contributed by atoms with Gasteiger partial charge in [-0.3, -0.25) is 19.6 Å². The van der Waals surface area contributed by atoms with E-state index in [0.717, 1.165) is 0 Å². The summed E-state index contributed by atoms with van der Waals surface area (Å²) in [4.78, 5) is 27.0. The molecular weight excluding hydrogens is 268 g/mol. The predicted molar refractivity (Wildman–Crippen MR) is 69.0 cm³/mol. The lowest BCUT2D eigenvalue weighted by Gasteiger charge is -1.97. The van der Waals surface area contributed by atoms with Crippen molar-refractivity contribution in [2.24, 2.45) is 7.05 Å². The Labute approximate surface area is 113 Å². The van der Waals surface area contributed by atoms with Crippen LogP contribution in [0.15, 0.2) is 17.6 Å². The SMILES string of the molecule is COC(=O)Cc1csc(NC(=O)c2ccn(C)n2)n1. The van der Waals surface area contributed by atoms with E-state index in [1.165, 1.54) is 18.4 Å². The smallest absolute Gasteiger partial charge is 0.311 e. The molecule has 0 aliphatic rings. The Morgan fingerprint density at radius 3 is 2.95 bits per heavy atom. The summed E-state index contributed by atoms with van der Waals surface area (Å²) in [5.74, 6) is -0.701. The van der Waals surface area contributed by atoms with Crippen LogP contribution in [0.2, 0.25) is 0 Å². The van der Waals surface area contributed by atoms with Crippen LogP contribution in [0.3, 0.4) is 0 Å². The molecule has 0 spiro atoms. The van der Waals surface area contributed by atoms with Crippen LogP contribution in [0, 0.1) is 0 Å². The molecule has 0 atom stereocenters. The van der Waals surface area contributed by atoms with Gasteiger partial charge in [-0.15, -0.1) is 11.3 Å². The fraction of sp³-hybridized carbons (Fsp3) is 0.273. The summed E-state index contributed by atoms with van der Waals surface area (Å²) in [7, 11) is 3.05. The van der Waals surface area contributed by atoms with E-state index in [4.69, 9.17) is 0 Å². The number of methoxy groups -OCH3 is 1. The molecule has 1 amide bonds. The molecule has 7 nitrogen and oxygen atoms in total. The number of carbonyl (C=O) groups excluding carboxylic acids is 2. The third-order valence-electron chi connectivity index (χ3n) is 2.27. The Bertz CT molecular complexity index is 605. The molecule has 0 saturated heterocycles. The molecule has 0 fully saturated rings. The van der Waals surface area contributed by atoms with E-state index in [0.29, 0.717) is 16.5 Å². The molecule has 8 heteroatoms. The first-order valence-corrected chi connectivity index (χ1v) is 6.28. The number of nitrogens with zero attached hydrogens (tertiary/aromatic N) is 3. The van der Waals surface area contributed by atoms with Gasteiger partial charge in [0.25, 0.3) is 5.91 Å². The molecular formula is C11H12N4O3S. The van der Waals surface area contributed by atoms with Gasteiger partial charge in [-0.2, -0.15) is 5.10 Å². The second kappa shape index (κ2) is 5.61. The summed E-state index contributed by atoms with van der Waals surface area (Å²) in [6.45, 7) is 0. The number of aromatic nitrogens is 3. The number of hydrogen-bond donors (Lipinski definition) is 1. The van der Waals surface area contributed by atoms with Crippen LogP contribution < -0.4 is 5.32 Å². The predicted octanol–water partition coefficient (Wildman–Crippen LogP) is 0.844. The third kappa shape index (κ3) is 3.38. The van der Waals surface area contributed by atoms with E-state index in [-0.39, 0.29) is 18.3 Å². The van der Waals surface area contributed by atoms with Gasteiger partial charge in [-0.25, -0.2) is 4.98 Å². The number of amides is 1. The first kappa shape index (κ1) is 13.2. The Kier molecular flexibility index (Phi) is 3.91. The van der Waals surface area contributed by atoms with Crippen LogP contribution in [0.5, 0.6) is 0 Å². The Hall–Kier alpha value is -2.22. The standard InChI is InChI=1S/C11H12N4O3S/c1-15-4-3-8(14-15)10(17)13-11-12-7(6-19-11)5-9(16)18-2/h3-4,6H,5H2,1-2H3,(H,12,13,17). The van der Waals surface area contributed by atoms with Crippen molar-refractivity contribution in [2.45, 2.75) is 6.42 Å². The minimum atomic E-state index is -0.368. The van der Waals surface area contributed by atoms with Gasteiger partial charge in [0.1, 0.15) is 0 Å². The molecule has 2 heterocycles. The molecule has 100 valence electrons. The monoisotopic (exact) mass is 280 g/mol. The van der Waals surface area contributed by atoms with Gasteiger partial charge in [0.2, 0.25) is 0 Å². The number of esters is 1. The topological polar surface area (TPSA) is 86.1 Å². The van der Waals surface area contributed by atoms with E-state index < -0.39 is 0 Å². The summed E-state index contributed by atoms with van der Waals surface area (Å²) in [6.07, 6.45) is 1.77. The minimum absolute atomic E-state index is 0.0897. The maximum Gasteiger partial charge on any atom is 0.311 e. The lowest BCUT2D eigenvalue weighted by atomic mass is 10.3. The van der Waals surface area contributed by atoms with Crippen LogP contribution in [-0.2, 0) is 23.0 Å². The maximum absolute atomic E-state index is 11.8. The fourth-order valence-corrected chi connectivity index (χ4v) is 2.07. The van der Waals surface area contributed by atoms with Crippen LogP contribution in [0.1, 0.15) is 16.2 Å². The molecule has 0 saturated carbocycles. The van der Waals surface area contributed by atoms with Crippen molar-refractivity contribution in [3.05, 3.63) is 29.0 Å². The molecule has 0 aliphatic carbocycles. The average molecular weight is 280 g/mol. The fourth-order valence-electron chi connectivity index (χ4n) is 1.36. The van der Waals surface area contributed by atoms with Gasteiger partial charge in [-0.1, -0.05) is 0 Å². The zero-order chi connectivity index (χ0) is 13.8. The van der Waals surface area contributed by atoms with E-state index in [2.05, 4.69) is 20.1 Å². The summed E-state index contributed by atoms with van der Waals surface area (Å²) in [6, 6.07) is 1.61. The Morgan fingerprint density at radius 2 is 2.32 bits per heavy atom. The average Bonchev–Trinajstić information content (AvgIpc) is 2.98. The number of carbonyl (C=O) groups is 2. The number of ether oxygens (including phenoxy) is 1. The quantitative estimate of drug-likeness (QED) is 0.839. The van der Waals surface area contributed by atoms with Crippen LogP contribution in [-0.4, -0.2) is 33.8 Å². The van der Waals surface area contributed by atoms with Crippen molar-refractivity contribution in [1.82, 2.24) is 14.8 Å². The second-order valence-corrected chi connectivity index (χ2v) is 4.58. The molecule has 0 aliphatic heterocycles. The van der Waals surface area contributed by atoms with Gasteiger partial charge in [0.15, 0.2) is 10.8 Å². The molecule has 0 radical (unpaired) electrons. The highest BCUT2D eigenvalue weighted by molar-refractivity contribution is 7.14. The molecule has 19 heavy (non-hydrogen) atoms. The third-order valence-corrected chi connectivity index (χ3v) is 3.08. The van der Waals surface area contributed by atoms with Gasteiger partial charge in [0, 0.05) is 18.6 Å². The zero-order valence-electron chi connectivity index (χ0n) is 10.4. The van der Waals surface area contributed by atoms with Gasteiger partial charge in [0.05, 0.1) is 19.2 Å². The largest absolute Gasteiger partial charge is 0.469 e.